The maximum Gasteiger partial charge on any atom is 0.258 e. The topological polar surface area (TPSA) is 142 Å². The number of aromatic nitrogens is 2. The monoisotopic (exact) mass is 243 g/mol. The number of aliphatic hydroxyl groups is 3. The van der Waals surface area contributed by atoms with Crippen molar-refractivity contribution in [3.8, 4) is 0 Å². The molecule has 6 N–H and O–H groups in total. The number of aromatic amines is 1. The second-order valence-corrected chi connectivity index (χ2v) is 3.81. The Morgan fingerprint density at radius 3 is 2.71 bits per heavy atom. The molecule has 1 aliphatic heterocycles. The Hall–Kier alpha value is -1.48. The van der Waals surface area contributed by atoms with Gasteiger partial charge in [0.2, 0.25) is 0 Å². The van der Waals surface area contributed by atoms with Gasteiger partial charge in [0.05, 0.1) is 12.2 Å². The molecule has 4 atom stereocenters. The van der Waals surface area contributed by atoms with Crippen LogP contribution in [0, 0.1) is 0 Å². The maximum absolute atomic E-state index is 11.6. The molecule has 0 unspecified atom stereocenters. The Morgan fingerprint density at radius 2 is 2.18 bits per heavy atom. The van der Waals surface area contributed by atoms with Crippen molar-refractivity contribution in [2.45, 2.75) is 24.4 Å². The molecule has 1 aromatic heterocycles. The molecule has 2 heterocycles. The minimum atomic E-state index is -1.29. The molecule has 1 aromatic rings. The molecule has 94 valence electrons. The number of H-pyrrole nitrogens is 1. The van der Waals surface area contributed by atoms with E-state index in [9.17, 15) is 15.0 Å². The predicted octanol–water partition coefficient (Wildman–Crippen LogP) is -2.49. The summed E-state index contributed by atoms with van der Waals surface area (Å²) < 4.78 is 5.19. The average Bonchev–Trinajstić information content (AvgIpc) is 2.57. The van der Waals surface area contributed by atoms with Crippen LogP contribution in [0.25, 0.3) is 0 Å². The van der Waals surface area contributed by atoms with Crippen LogP contribution in [0.4, 0.5) is 5.95 Å². The molecule has 0 radical (unpaired) electrons. The van der Waals surface area contributed by atoms with Gasteiger partial charge in [0, 0.05) is 6.20 Å². The van der Waals surface area contributed by atoms with Gasteiger partial charge in [-0.25, -0.2) is 4.98 Å². The van der Waals surface area contributed by atoms with Crippen LogP contribution in [0.1, 0.15) is 11.7 Å². The summed E-state index contributed by atoms with van der Waals surface area (Å²) in [5.74, 6) is -0.0505. The number of ether oxygens (including phenoxy) is 1. The normalized spacial score (nSPS) is 32.9. The zero-order valence-electron chi connectivity index (χ0n) is 8.78. The largest absolute Gasteiger partial charge is 0.394 e. The highest BCUT2D eigenvalue weighted by Gasteiger charge is 2.44. The van der Waals surface area contributed by atoms with Crippen molar-refractivity contribution in [3.05, 3.63) is 22.1 Å². The Bertz CT molecular complexity index is 462. The number of nitrogens with one attached hydrogen (secondary N) is 1. The Labute approximate surface area is 95.7 Å². The maximum atomic E-state index is 11.6. The first-order valence-corrected chi connectivity index (χ1v) is 5.01. The van der Waals surface area contributed by atoms with Gasteiger partial charge in [0.15, 0.2) is 5.95 Å². The van der Waals surface area contributed by atoms with Gasteiger partial charge < -0.3 is 25.8 Å². The van der Waals surface area contributed by atoms with E-state index in [1.54, 1.807) is 0 Å². The lowest BCUT2D eigenvalue weighted by Crippen LogP contribution is -2.33. The van der Waals surface area contributed by atoms with Crippen molar-refractivity contribution in [2.75, 3.05) is 12.3 Å². The summed E-state index contributed by atoms with van der Waals surface area (Å²) in [5.41, 5.74) is 4.79. The van der Waals surface area contributed by atoms with Crippen molar-refractivity contribution in [1.29, 1.82) is 0 Å². The first-order chi connectivity index (χ1) is 8.04. The lowest BCUT2D eigenvalue weighted by Gasteiger charge is -2.13. The molecule has 8 nitrogen and oxygen atoms in total. The second-order valence-electron chi connectivity index (χ2n) is 3.81. The molecule has 0 amide bonds. The average molecular weight is 243 g/mol. The van der Waals surface area contributed by atoms with E-state index in [-0.39, 0.29) is 11.5 Å². The molecular formula is C9H13N3O5. The fraction of sp³-hybridized carbons (Fsp3) is 0.556. The van der Waals surface area contributed by atoms with E-state index in [1.807, 2.05) is 0 Å². The van der Waals surface area contributed by atoms with Crippen molar-refractivity contribution in [1.82, 2.24) is 9.97 Å². The highest BCUT2D eigenvalue weighted by Crippen LogP contribution is 2.31. The Morgan fingerprint density at radius 1 is 1.47 bits per heavy atom. The van der Waals surface area contributed by atoms with Crippen molar-refractivity contribution < 1.29 is 20.1 Å². The minimum Gasteiger partial charge on any atom is -0.394 e. The van der Waals surface area contributed by atoms with E-state index >= 15 is 0 Å². The molecule has 0 aliphatic carbocycles. The molecule has 0 aromatic carbocycles. The third-order valence-electron chi connectivity index (χ3n) is 2.70. The molecule has 2 rings (SSSR count). The van der Waals surface area contributed by atoms with Gasteiger partial charge in [0.1, 0.15) is 24.4 Å². The van der Waals surface area contributed by atoms with Crippen molar-refractivity contribution in [2.24, 2.45) is 0 Å². The van der Waals surface area contributed by atoms with Crippen LogP contribution >= 0.6 is 0 Å². The van der Waals surface area contributed by atoms with Gasteiger partial charge in [-0.3, -0.25) is 9.78 Å². The summed E-state index contributed by atoms with van der Waals surface area (Å²) in [6.07, 6.45) is -3.32. The molecule has 8 heteroatoms. The number of hydrogen-bond donors (Lipinski definition) is 5. The summed E-state index contributed by atoms with van der Waals surface area (Å²) in [5, 5.41) is 28.2. The van der Waals surface area contributed by atoms with Crippen LogP contribution in [0.2, 0.25) is 0 Å². The number of rotatable bonds is 2. The van der Waals surface area contributed by atoms with Gasteiger partial charge >= 0.3 is 0 Å². The fourth-order valence-corrected chi connectivity index (χ4v) is 1.78. The fourth-order valence-electron chi connectivity index (χ4n) is 1.78. The van der Waals surface area contributed by atoms with Crippen molar-refractivity contribution >= 4 is 5.95 Å². The minimum absolute atomic E-state index is 0.0505. The van der Waals surface area contributed by atoms with Crippen LogP contribution in [-0.2, 0) is 4.74 Å². The van der Waals surface area contributed by atoms with E-state index in [0.29, 0.717) is 0 Å². The number of hydrogen-bond acceptors (Lipinski definition) is 7. The zero-order chi connectivity index (χ0) is 12.6. The number of anilines is 1. The van der Waals surface area contributed by atoms with E-state index in [0.717, 1.165) is 0 Å². The van der Waals surface area contributed by atoms with Gasteiger partial charge in [0.25, 0.3) is 5.56 Å². The first-order valence-electron chi connectivity index (χ1n) is 5.01. The van der Waals surface area contributed by atoms with Gasteiger partial charge in [-0.15, -0.1) is 0 Å². The molecule has 1 saturated heterocycles. The molecule has 0 spiro atoms. The number of nitrogen functional groups attached to an aromatic ring is 1. The third-order valence-corrected chi connectivity index (χ3v) is 2.70. The van der Waals surface area contributed by atoms with Crippen LogP contribution in [-0.4, -0.2) is 50.2 Å². The Balaban J connectivity index is 2.32. The van der Waals surface area contributed by atoms with E-state index in [4.69, 9.17) is 15.6 Å². The molecule has 17 heavy (non-hydrogen) atoms. The highest BCUT2D eigenvalue weighted by molar-refractivity contribution is 5.21. The van der Waals surface area contributed by atoms with Crippen LogP contribution in [0.3, 0.4) is 0 Å². The Kier molecular flexibility index (Phi) is 3.11. The molecule has 0 saturated carbocycles. The van der Waals surface area contributed by atoms with E-state index in [1.165, 1.54) is 6.20 Å². The molecule has 1 fully saturated rings. The molecular weight excluding hydrogens is 230 g/mol. The number of nitrogens with two attached hydrogens (primary N) is 1. The zero-order valence-corrected chi connectivity index (χ0v) is 8.78. The molecule has 0 bridgehead atoms. The summed E-state index contributed by atoms with van der Waals surface area (Å²) >= 11 is 0. The number of aliphatic hydroxyl groups excluding tert-OH is 3. The predicted molar refractivity (Wildman–Crippen MR) is 56.0 cm³/mol. The van der Waals surface area contributed by atoms with E-state index in [2.05, 4.69) is 9.97 Å². The van der Waals surface area contributed by atoms with Gasteiger partial charge in [-0.2, -0.15) is 0 Å². The van der Waals surface area contributed by atoms with Crippen LogP contribution in [0.5, 0.6) is 0 Å². The number of nitrogens with zero attached hydrogens (tertiary/aromatic N) is 1. The summed E-state index contributed by atoms with van der Waals surface area (Å²) in [7, 11) is 0. The third kappa shape index (κ3) is 2.03. The van der Waals surface area contributed by atoms with Crippen LogP contribution < -0.4 is 11.3 Å². The highest BCUT2D eigenvalue weighted by atomic mass is 16.6. The van der Waals surface area contributed by atoms with Crippen LogP contribution in [0.15, 0.2) is 11.0 Å². The summed E-state index contributed by atoms with van der Waals surface area (Å²) in [6, 6.07) is 0. The summed E-state index contributed by atoms with van der Waals surface area (Å²) in [6.45, 7) is -0.449. The van der Waals surface area contributed by atoms with Gasteiger partial charge in [-0.05, 0) is 0 Å². The van der Waals surface area contributed by atoms with E-state index < -0.39 is 36.6 Å². The quantitative estimate of drug-likeness (QED) is 0.386. The smallest absolute Gasteiger partial charge is 0.258 e. The SMILES string of the molecule is Nc1ncc([C@@H]2O[C@H](CO)[C@@H](O)[C@@H]2O)c(=O)[nH]1. The molecule has 1 aliphatic rings. The van der Waals surface area contributed by atoms with Crippen molar-refractivity contribution in [3.63, 3.8) is 0 Å². The lowest BCUT2D eigenvalue weighted by molar-refractivity contribution is -0.0232. The lowest BCUT2D eigenvalue weighted by atomic mass is 10.0. The second kappa shape index (κ2) is 4.41. The first kappa shape index (κ1) is 12.0. The standard InChI is InChI=1S/C9H13N3O5/c10-9-11-1-3(8(16)12-9)7-6(15)5(14)4(2-13)17-7/h1,4-7,13-15H,2H2,(H3,10,11,12,16)/t4-,5-,6+,7+/m1/s1. The van der Waals surface area contributed by atoms with Gasteiger partial charge in [-0.1, -0.05) is 0 Å². The summed E-state index contributed by atoms with van der Waals surface area (Å²) in [4.78, 5) is 17.5.